The zero-order valence-corrected chi connectivity index (χ0v) is 9.83. The molecule has 0 aliphatic heterocycles. The first kappa shape index (κ1) is 13.0. The number of aliphatic hydroxyl groups is 1. The Morgan fingerprint density at radius 1 is 1.44 bits per heavy atom. The molecular weight excluding hydrogens is 240 g/mol. The highest BCUT2D eigenvalue weighted by molar-refractivity contribution is 5.94. The van der Waals surface area contributed by atoms with Crippen molar-refractivity contribution < 1.29 is 18.7 Å². The number of benzene rings is 1. The molecule has 3 nitrogen and oxygen atoms in total. The quantitative estimate of drug-likeness (QED) is 0.843. The van der Waals surface area contributed by atoms with E-state index in [1.807, 2.05) is 0 Å². The summed E-state index contributed by atoms with van der Waals surface area (Å²) < 4.78 is 26.4. The van der Waals surface area contributed by atoms with Gasteiger partial charge in [-0.1, -0.05) is 0 Å². The predicted octanol–water partition coefficient (Wildman–Crippen LogP) is 1.86. The van der Waals surface area contributed by atoms with Crippen molar-refractivity contribution in [3.8, 4) is 0 Å². The fourth-order valence-corrected chi connectivity index (χ4v) is 1.98. The monoisotopic (exact) mass is 255 g/mol. The number of aliphatic hydroxyl groups excluding tert-OH is 1. The second-order valence-electron chi connectivity index (χ2n) is 4.55. The molecule has 18 heavy (non-hydrogen) atoms. The first-order chi connectivity index (χ1) is 8.61. The van der Waals surface area contributed by atoms with E-state index in [0.29, 0.717) is 12.3 Å². The Morgan fingerprint density at radius 3 is 2.78 bits per heavy atom. The summed E-state index contributed by atoms with van der Waals surface area (Å²) >= 11 is 0. The Morgan fingerprint density at radius 2 is 2.17 bits per heavy atom. The average Bonchev–Trinajstić information content (AvgIpc) is 3.15. The van der Waals surface area contributed by atoms with E-state index in [0.717, 1.165) is 31.0 Å². The summed E-state index contributed by atoms with van der Waals surface area (Å²) in [7, 11) is 0. The van der Waals surface area contributed by atoms with Crippen molar-refractivity contribution in [3.05, 3.63) is 35.4 Å². The fraction of sp³-hybridized carbons (Fsp3) is 0.462. The third kappa shape index (κ3) is 3.04. The van der Waals surface area contributed by atoms with Gasteiger partial charge >= 0.3 is 0 Å². The van der Waals surface area contributed by atoms with Gasteiger partial charge in [-0.25, -0.2) is 8.78 Å². The Labute approximate surface area is 104 Å². The smallest absolute Gasteiger partial charge is 0.254 e. The molecule has 0 radical (unpaired) electrons. The molecule has 5 heteroatoms. The molecule has 1 saturated carbocycles. The first-order valence-electron chi connectivity index (χ1n) is 5.98. The average molecular weight is 255 g/mol. The van der Waals surface area contributed by atoms with Gasteiger partial charge in [-0.3, -0.25) is 4.79 Å². The van der Waals surface area contributed by atoms with Crippen molar-refractivity contribution in [2.75, 3.05) is 6.61 Å². The Kier molecular flexibility index (Phi) is 3.91. The van der Waals surface area contributed by atoms with Crippen LogP contribution >= 0.6 is 0 Å². The summed E-state index contributed by atoms with van der Waals surface area (Å²) in [5.74, 6) is -1.67. The van der Waals surface area contributed by atoms with Crippen LogP contribution in [-0.2, 0) is 0 Å². The molecule has 98 valence electrons. The zero-order chi connectivity index (χ0) is 13.1. The number of hydrogen-bond donors (Lipinski definition) is 2. The van der Waals surface area contributed by atoms with Gasteiger partial charge in [0.15, 0.2) is 0 Å². The second-order valence-corrected chi connectivity index (χ2v) is 4.55. The van der Waals surface area contributed by atoms with Crippen molar-refractivity contribution in [2.45, 2.75) is 25.3 Å². The van der Waals surface area contributed by atoms with Crippen LogP contribution in [0.5, 0.6) is 0 Å². The van der Waals surface area contributed by atoms with Crippen LogP contribution < -0.4 is 5.32 Å². The normalized spacial score (nSPS) is 16.4. The molecule has 1 amide bonds. The maximum Gasteiger partial charge on any atom is 0.254 e. The molecule has 2 N–H and O–H groups in total. The molecule has 0 saturated heterocycles. The summed E-state index contributed by atoms with van der Waals surface area (Å²) in [5, 5.41) is 11.6. The van der Waals surface area contributed by atoms with Crippen molar-refractivity contribution in [1.29, 1.82) is 0 Å². The van der Waals surface area contributed by atoms with E-state index < -0.39 is 17.5 Å². The van der Waals surface area contributed by atoms with Gasteiger partial charge in [0.2, 0.25) is 0 Å². The summed E-state index contributed by atoms with van der Waals surface area (Å²) in [6.07, 6.45) is 2.43. The van der Waals surface area contributed by atoms with Gasteiger partial charge in [-0.2, -0.15) is 0 Å². The van der Waals surface area contributed by atoms with Crippen LogP contribution in [0, 0.1) is 17.6 Å². The van der Waals surface area contributed by atoms with E-state index in [4.69, 9.17) is 5.11 Å². The SMILES string of the molecule is O=C(NC(CCO)C1CC1)c1cc(F)ccc1F. The van der Waals surface area contributed by atoms with E-state index in [1.54, 1.807) is 0 Å². The largest absolute Gasteiger partial charge is 0.396 e. The first-order valence-corrected chi connectivity index (χ1v) is 5.98. The molecule has 0 bridgehead atoms. The van der Waals surface area contributed by atoms with Crippen molar-refractivity contribution >= 4 is 5.91 Å². The van der Waals surface area contributed by atoms with Crippen LogP contribution in [0.25, 0.3) is 0 Å². The second kappa shape index (κ2) is 5.44. The van der Waals surface area contributed by atoms with Gasteiger partial charge in [0.1, 0.15) is 11.6 Å². The summed E-state index contributed by atoms with van der Waals surface area (Å²) in [6.45, 7) is -0.0346. The Bertz CT molecular complexity index is 447. The lowest BCUT2D eigenvalue weighted by atomic mass is 10.1. The number of carbonyl (C=O) groups is 1. The number of nitrogens with one attached hydrogen (secondary N) is 1. The van der Waals surface area contributed by atoms with E-state index in [1.165, 1.54) is 0 Å². The minimum atomic E-state index is -0.743. The molecule has 1 aromatic carbocycles. The highest BCUT2D eigenvalue weighted by Gasteiger charge is 2.32. The minimum absolute atomic E-state index is 0.0346. The van der Waals surface area contributed by atoms with Crippen LogP contribution in [0.15, 0.2) is 18.2 Å². The number of amides is 1. The molecule has 0 spiro atoms. The molecule has 0 aromatic heterocycles. The van der Waals surface area contributed by atoms with E-state index in [9.17, 15) is 13.6 Å². The molecule has 1 atom stereocenters. The van der Waals surface area contributed by atoms with E-state index >= 15 is 0 Å². The maximum atomic E-state index is 13.4. The highest BCUT2D eigenvalue weighted by Crippen LogP contribution is 2.34. The topological polar surface area (TPSA) is 49.3 Å². The standard InChI is InChI=1S/C13H15F2NO2/c14-9-3-4-11(15)10(7-9)13(18)16-12(5-6-17)8-1-2-8/h3-4,7-8,12,17H,1-2,5-6H2,(H,16,18). The highest BCUT2D eigenvalue weighted by atomic mass is 19.1. The lowest BCUT2D eigenvalue weighted by Crippen LogP contribution is -2.37. The van der Waals surface area contributed by atoms with Gasteiger partial charge in [-0.05, 0) is 43.4 Å². The molecule has 1 aromatic rings. The number of hydrogen-bond acceptors (Lipinski definition) is 2. The van der Waals surface area contributed by atoms with Crippen molar-refractivity contribution in [2.24, 2.45) is 5.92 Å². The van der Waals surface area contributed by atoms with Gasteiger partial charge in [-0.15, -0.1) is 0 Å². The van der Waals surface area contributed by atoms with Gasteiger partial charge in [0.25, 0.3) is 5.91 Å². The van der Waals surface area contributed by atoms with Crippen LogP contribution in [-0.4, -0.2) is 23.7 Å². The van der Waals surface area contributed by atoms with Crippen LogP contribution in [0.2, 0.25) is 0 Å². The molecular formula is C13H15F2NO2. The molecule has 1 fully saturated rings. The predicted molar refractivity (Wildman–Crippen MR) is 62.0 cm³/mol. The van der Waals surface area contributed by atoms with Gasteiger partial charge in [0, 0.05) is 12.6 Å². The Hall–Kier alpha value is -1.49. The number of halogens is 2. The third-order valence-corrected chi connectivity index (χ3v) is 3.12. The third-order valence-electron chi connectivity index (χ3n) is 3.12. The lowest BCUT2D eigenvalue weighted by Gasteiger charge is -2.17. The minimum Gasteiger partial charge on any atom is -0.396 e. The molecule has 2 rings (SSSR count). The summed E-state index contributed by atoms with van der Waals surface area (Å²) in [5.41, 5.74) is -0.293. The van der Waals surface area contributed by atoms with Crippen LogP contribution in [0.1, 0.15) is 29.6 Å². The number of rotatable bonds is 5. The fourth-order valence-electron chi connectivity index (χ4n) is 1.98. The van der Waals surface area contributed by atoms with E-state index in [2.05, 4.69) is 5.32 Å². The number of carbonyl (C=O) groups excluding carboxylic acids is 1. The maximum absolute atomic E-state index is 13.4. The zero-order valence-electron chi connectivity index (χ0n) is 9.83. The summed E-state index contributed by atoms with van der Waals surface area (Å²) in [6, 6.07) is 2.62. The van der Waals surface area contributed by atoms with Crippen LogP contribution in [0.4, 0.5) is 8.78 Å². The molecule has 1 aliphatic rings. The van der Waals surface area contributed by atoms with E-state index in [-0.39, 0.29) is 18.2 Å². The van der Waals surface area contributed by atoms with Gasteiger partial charge in [0.05, 0.1) is 5.56 Å². The summed E-state index contributed by atoms with van der Waals surface area (Å²) in [4.78, 5) is 11.8. The van der Waals surface area contributed by atoms with Crippen molar-refractivity contribution in [1.82, 2.24) is 5.32 Å². The van der Waals surface area contributed by atoms with Gasteiger partial charge < -0.3 is 10.4 Å². The van der Waals surface area contributed by atoms with Crippen LogP contribution in [0.3, 0.4) is 0 Å². The lowest BCUT2D eigenvalue weighted by molar-refractivity contribution is 0.0919. The molecule has 1 unspecified atom stereocenters. The Balaban J connectivity index is 2.07. The molecule has 0 heterocycles. The van der Waals surface area contributed by atoms with Crippen molar-refractivity contribution in [3.63, 3.8) is 0 Å². The molecule has 1 aliphatic carbocycles.